The molecule has 4 unspecified atom stereocenters. The normalized spacial score (nSPS) is 28.2. The van der Waals surface area contributed by atoms with Gasteiger partial charge in [-0.05, 0) is 18.1 Å². The number of aromatic nitrogens is 1. The van der Waals surface area contributed by atoms with E-state index in [0.717, 1.165) is 12.0 Å². The minimum atomic E-state index is -0.687. The molecule has 0 aliphatic carbocycles. The van der Waals surface area contributed by atoms with E-state index in [4.69, 9.17) is 5.73 Å². The first kappa shape index (κ1) is 13.4. The van der Waals surface area contributed by atoms with Crippen LogP contribution in [-0.2, 0) is 0 Å². The quantitative estimate of drug-likeness (QED) is 0.696. The van der Waals surface area contributed by atoms with Crippen molar-refractivity contribution in [1.29, 1.82) is 0 Å². The molecule has 100 valence electrons. The number of likely N-dealkylation sites (tertiary alicyclic amines) is 1. The molecule has 4 N–H and O–H groups in total. The minimum Gasteiger partial charge on any atom is -0.389 e. The van der Waals surface area contributed by atoms with Crippen LogP contribution in [0.5, 0.6) is 0 Å². The second-order valence-corrected chi connectivity index (χ2v) is 4.89. The van der Waals surface area contributed by atoms with Gasteiger partial charge in [-0.1, -0.05) is 13.0 Å². The Morgan fingerprint density at radius 2 is 2.11 bits per heavy atom. The van der Waals surface area contributed by atoms with Gasteiger partial charge in [-0.25, -0.2) is 0 Å². The van der Waals surface area contributed by atoms with E-state index in [2.05, 4.69) is 4.98 Å². The Kier molecular flexibility index (Phi) is 4.29. The summed E-state index contributed by atoms with van der Waals surface area (Å²) in [6.45, 7) is 2.94. The highest BCUT2D eigenvalue weighted by Crippen LogP contribution is 2.28. The first-order valence-electron chi connectivity index (χ1n) is 6.39. The van der Waals surface area contributed by atoms with Gasteiger partial charge in [0, 0.05) is 31.5 Å². The van der Waals surface area contributed by atoms with Gasteiger partial charge < -0.3 is 15.9 Å². The topological polar surface area (TPSA) is 82.6 Å². The highest BCUT2D eigenvalue weighted by atomic mass is 16.3. The van der Waals surface area contributed by atoms with Crippen LogP contribution < -0.4 is 5.73 Å². The van der Waals surface area contributed by atoms with Gasteiger partial charge >= 0.3 is 0 Å². The molecule has 5 heteroatoms. The predicted octanol–water partition coefficient (Wildman–Crippen LogP) is -0.103. The molecule has 1 aromatic heterocycles. The first-order valence-corrected chi connectivity index (χ1v) is 6.39. The summed E-state index contributed by atoms with van der Waals surface area (Å²) in [6, 6.07) is 3.83. The molecule has 1 fully saturated rings. The molecular formula is C13H21N3O2. The van der Waals surface area contributed by atoms with Crippen LogP contribution >= 0.6 is 0 Å². The molecule has 0 bridgehead atoms. The number of rotatable bonds is 4. The summed E-state index contributed by atoms with van der Waals surface area (Å²) in [4.78, 5) is 6.17. The Bertz CT molecular complexity index is 364. The molecule has 4 atom stereocenters. The lowest BCUT2D eigenvalue weighted by molar-refractivity contribution is 0.0572. The summed E-state index contributed by atoms with van der Waals surface area (Å²) in [5.74, 6) is 0. The molecule has 1 saturated heterocycles. The summed E-state index contributed by atoms with van der Waals surface area (Å²) in [7, 11) is 0. The van der Waals surface area contributed by atoms with Gasteiger partial charge in [-0.15, -0.1) is 0 Å². The number of pyridine rings is 1. The van der Waals surface area contributed by atoms with E-state index < -0.39 is 12.2 Å². The Labute approximate surface area is 107 Å². The van der Waals surface area contributed by atoms with Crippen molar-refractivity contribution in [2.45, 2.75) is 37.6 Å². The standard InChI is InChI=1S/C13H21N3O2/c1-2-10(14)13(9-4-3-5-15-6-9)16-7-11(17)12(18)8-16/h3-6,10-13,17-18H,2,7-8,14H2,1H3. The maximum Gasteiger partial charge on any atom is 0.0938 e. The SMILES string of the molecule is CCC(N)C(c1cccnc1)N1CC(O)C(O)C1. The smallest absolute Gasteiger partial charge is 0.0938 e. The number of hydrogen-bond acceptors (Lipinski definition) is 5. The second kappa shape index (κ2) is 5.75. The van der Waals surface area contributed by atoms with Crippen LogP contribution in [0.15, 0.2) is 24.5 Å². The largest absolute Gasteiger partial charge is 0.389 e. The van der Waals surface area contributed by atoms with Crippen molar-refractivity contribution in [1.82, 2.24) is 9.88 Å². The van der Waals surface area contributed by atoms with E-state index in [0.29, 0.717) is 13.1 Å². The number of hydrogen-bond donors (Lipinski definition) is 3. The van der Waals surface area contributed by atoms with Crippen LogP contribution in [0, 0.1) is 0 Å². The lowest BCUT2D eigenvalue weighted by Gasteiger charge is -2.32. The fraction of sp³-hybridized carbons (Fsp3) is 0.615. The van der Waals surface area contributed by atoms with Crippen LogP contribution in [0.2, 0.25) is 0 Å². The molecule has 1 aliphatic heterocycles. The van der Waals surface area contributed by atoms with E-state index in [9.17, 15) is 10.2 Å². The zero-order valence-electron chi connectivity index (χ0n) is 10.6. The van der Waals surface area contributed by atoms with Crippen LogP contribution in [-0.4, -0.2) is 51.4 Å². The van der Waals surface area contributed by atoms with Gasteiger partial charge in [-0.3, -0.25) is 9.88 Å². The Morgan fingerprint density at radius 1 is 1.44 bits per heavy atom. The zero-order chi connectivity index (χ0) is 13.1. The maximum atomic E-state index is 9.67. The van der Waals surface area contributed by atoms with Gasteiger partial charge in [0.05, 0.1) is 18.2 Å². The van der Waals surface area contributed by atoms with E-state index in [1.165, 1.54) is 0 Å². The number of aliphatic hydroxyl groups is 2. The molecule has 0 aromatic carbocycles. The van der Waals surface area contributed by atoms with Gasteiger partial charge in [-0.2, -0.15) is 0 Å². The number of nitrogens with two attached hydrogens (primary N) is 1. The van der Waals surface area contributed by atoms with Crippen molar-refractivity contribution in [2.24, 2.45) is 5.73 Å². The molecule has 0 amide bonds. The maximum absolute atomic E-state index is 9.67. The van der Waals surface area contributed by atoms with Crippen LogP contribution in [0.1, 0.15) is 24.9 Å². The van der Waals surface area contributed by atoms with E-state index in [1.54, 1.807) is 12.4 Å². The zero-order valence-corrected chi connectivity index (χ0v) is 10.6. The minimum absolute atomic E-state index is 0.00417. The second-order valence-electron chi connectivity index (χ2n) is 4.89. The van der Waals surface area contributed by atoms with Crippen molar-refractivity contribution in [3.63, 3.8) is 0 Å². The average Bonchev–Trinajstić information content (AvgIpc) is 2.70. The number of nitrogens with zero attached hydrogens (tertiary/aromatic N) is 2. The summed E-state index contributed by atoms with van der Waals surface area (Å²) in [5.41, 5.74) is 7.22. The molecule has 2 heterocycles. The molecule has 18 heavy (non-hydrogen) atoms. The van der Waals surface area contributed by atoms with Crippen molar-refractivity contribution >= 4 is 0 Å². The summed E-state index contributed by atoms with van der Waals surface area (Å²) >= 11 is 0. The van der Waals surface area contributed by atoms with Crippen molar-refractivity contribution in [3.8, 4) is 0 Å². The molecule has 2 rings (SSSR count). The molecule has 0 radical (unpaired) electrons. The number of β-amino-alcohol motifs (C(OH)–C–C–N with tert-alkyl or cyclic N) is 2. The molecule has 1 aromatic rings. The Hall–Kier alpha value is -1.01. The van der Waals surface area contributed by atoms with E-state index in [-0.39, 0.29) is 12.1 Å². The molecular weight excluding hydrogens is 230 g/mol. The van der Waals surface area contributed by atoms with Gasteiger partial charge in [0.2, 0.25) is 0 Å². The molecule has 1 aliphatic rings. The highest BCUT2D eigenvalue weighted by molar-refractivity contribution is 5.17. The van der Waals surface area contributed by atoms with E-state index in [1.807, 2.05) is 24.0 Å². The summed E-state index contributed by atoms with van der Waals surface area (Å²) in [6.07, 6.45) is 2.99. The Morgan fingerprint density at radius 3 is 2.61 bits per heavy atom. The summed E-state index contributed by atoms with van der Waals surface area (Å²) < 4.78 is 0. The van der Waals surface area contributed by atoms with Gasteiger partial charge in [0.15, 0.2) is 0 Å². The third kappa shape index (κ3) is 2.70. The average molecular weight is 251 g/mol. The third-order valence-corrected chi connectivity index (χ3v) is 3.58. The third-order valence-electron chi connectivity index (χ3n) is 3.58. The van der Waals surface area contributed by atoms with Crippen molar-refractivity contribution < 1.29 is 10.2 Å². The highest BCUT2D eigenvalue weighted by Gasteiger charge is 2.36. The number of aliphatic hydroxyl groups excluding tert-OH is 2. The monoisotopic (exact) mass is 251 g/mol. The molecule has 5 nitrogen and oxygen atoms in total. The predicted molar refractivity (Wildman–Crippen MR) is 68.8 cm³/mol. The van der Waals surface area contributed by atoms with Crippen LogP contribution in [0.4, 0.5) is 0 Å². The fourth-order valence-corrected chi connectivity index (χ4v) is 2.53. The van der Waals surface area contributed by atoms with Crippen molar-refractivity contribution in [2.75, 3.05) is 13.1 Å². The molecule has 0 spiro atoms. The lowest BCUT2D eigenvalue weighted by Crippen LogP contribution is -2.40. The fourth-order valence-electron chi connectivity index (χ4n) is 2.53. The van der Waals surface area contributed by atoms with Gasteiger partial charge in [0.25, 0.3) is 0 Å². The van der Waals surface area contributed by atoms with E-state index >= 15 is 0 Å². The van der Waals surface area contributed by atoms with Crippen LogP contribution in [0.25, 0.3) is 0 Å². The summed E-state index contributed by atoms with van der Waals surface area (Å²) in [5, 5.41) is 19.3. The molecule has 0 saturated carbocycles. The van der Waals surface area contributed by atoms with Gasteiger partial charge in [0.1, 0.15) is 0 Å². The lowest BCUT2D eigenvalue weighted by atomic mass is 9.98. The van der Waals surface area contributed by atoms with Crippen molar-refractivity contribution in [3.05, 3.63) is 30.1 Å². The first-order chi connectivity index (χ1) is 8.63. The van der Waals surface area contributed by atoms with Crippen LogP contribution in [0.3, 0.4) is 0 Å². The Balaban J connectivity index is 2.21.